The number of rotatable bonds is 1. The zero-order valence-electron chi connectivity index (χ0n) is 10.9. The molecular formula is C15H19ClN2. The first kappa shape index (κ1) is 12.1. The van der Waals surface area contributed by atoms with E-state index in [0.29, 0.717) is 6.04 Å². The third kappa shape index (κ3) is 1.94. The Kier molecular flexibility index (Phi) is 2.87. The molecule has 2 heterocycles. The molecule has 1 atom stereocenters. The van der Waals surface area contributed by atoms with Crippen LogP contribution in [0.1, 0.15) is 26.3 Å². The summed E-state index contributed by atoms with van der Waals surface area (Å²) in [5.41, 5.74) is 1.57. The summed E-state index contributed by atoms with van der Waals surface area (Å²) in [5, 5.41) is 5.53. The van der Waals surface area contributed by atoms with Gasteiger partial charge in [-0.2, -0.15) is 0 Å². The van der Waals surface area contributed by atoms with E-state index in [1.165, 1.54) is 17.3 Å². The van der Waals surface area contributed by atoms with E-state index < -0.39 is 0 Å². The van der Waals surface area contributed by atoms with E-state index in [-0.39, 0.29) is 5.41 Å². The number of halogens is 1. The molecule has 2 aromatic rings. The van der Waals surface area contributed by atoms with Crippen LogP contribution in [0.4, 0.5) is 0 Å². The number of fused-ring (bicyclic) bond motifs is 1. The number of hydrogen-bond donors (Lipinski definition) is 1. The second kappa shape index (κ2) is 4.29. The molecule has 96 valence electrons. The van der Waals surface area contributed by atoms with Gasteiger partial charge in [0.1, 0.15) is 0 Å². The third-order valence-electron chi connectivity index (χ3n) is 4.10. The Morgan fingerprint density at radius 2 is 2.17 bits per heavy atom. The van der Waals surface area contributed by atoms with Crippen molar-refractivity contribution in [3.8, 4) is 0 Å². The van der Waals surface area contributed by atoms with E-state index >= 15 is 0 Å². The van der Waals surface area contributed by atoms with E-state index in [9.17, 15) is 0 Å². The van der Waals surface area contributed by atoms with Gasteiger partial charge in [0.15, 0.2) is 0 Å². The lowest BCUT2D eigenvalue weighted by molar-refractivity contribution is 0.165. The van der Waals surface area contributed by atoms with E-state index in [0.717, 1.165) is 18.1 Å². The minimum atomic E-state index is 0.282. The van der Waals surface area contributed by atoms with Gasteiger partial charge in [-0.15, -0.1) is 0 Å². The summed E-state index contributed by atoms with van der Waals surface area (Å²) < 4.78 is 2.42. The van der Waals surface area contributed by atoms with E-state index in [2.05, 4.69) is 42.1 Å². The quantitative estimate of drug-likeness (QED) is 0.826. The van der Waals surface area contributed by atoms with Gasteiger partial charge in [0.05, 0.1) is 0 Å². The summed E-state index contributed by atoms with van der Waals surface area (Å²) in [6.45, 7) is 6.85. The fraction of sp³-hybridized carbons (Fsp3) is 0.467. The topological polar surface area (TPSA) is 17.0 Å². The molecule has 0 spiro atoms. The van der Waals surface area contributed by atoms with Gasteiger partial charge in [-0.3, -0.25) is 0 Å². The summed E-state index contributed by atoms with van der Waals surface area (Å²) in [5.74, 6) is 0. The number of aromatic nitrogens is 1. The largest absolute Gasteiger partial charge is 0.344 e. The minimum absolute atomic E-state index is 0.282. The van der Waals surface area contributed by atoms with Crippen LogP contribution in [0.3, 0.4) is 0 Å². The summed E-state index contributed by atoms with van der Waals surface area (Å²) in [6.07, 6.45) is 3.39. The van der Waals surface area contributed by atoms with Crippen molar-refractivity contribution in [2.24, 2.45) is 5.41 Å². The predicted molar refractivity (Wildman–Crippen MR) is 77.3 cm³/mol. The van der Waals surface area contributed by atoms with Gasteiger partial charge in [-0.1, -0.05) is 25.4 Å². The van der Waals surface area contributed by atoms with Gasteiger partial charge in [0.25, 0.3) is 0 Å². The molecule has 0 bridgehead atoms. The van der Waals surface area contributed by atoms with Gasteiger partial charge in [0, 0.05) is 34.7 Å². The Labute approximate surface area is 113 Å². The van der Waals surface area contributed by atoms with E-state index in [4.69, 9.17) is 11.6 Å². The zero-order chi connectivity index (χ0) is 12.8. The predicted octanol–water partition coefficient (Wildman–Crippen LogP) is 3.86. The lowest BCUT2D eigenvalue weighted by Crippen LogP contribution is -2.43. The molecule has 0 amide bonds. The van der Waals surface area contributed by atoms with Crippen molar-refractivity contribution in [1.29, 1.82) is 0 Å². The highest BCUT2D eigenvalue weighted by molar-refractivity contribution is 6.31. The summed E-state index contributed by atoms with van der Waals surface area (Å²) in [4.78, 5) is 0. The van der Waals surface area contributed by atoms with Crippen LogP contribution in [0.15, 0.2) is 30.5 Å². The molecule has 18 heavy (non-hydrogen) atoms. The smallest absolute Gasteiger partial charge is 0.0484 e. The van der Waals surface area contributed by atoms with E-state index in [1.807, 2.05) is 12.1 Å². The number of piperidine rings is 1. The number of nitrogens with zero attached hydrogens (tertiary/aromatic N) is 1. The summed E-state index contributed by atoms with van der Waals surface area (Å²) >= 11 is 6.05. The minimum Gasteiger partial charge on any atom is -0.344 e. The SMILES string of the molecule is CC1(C)CNCCC1n1ccc2cc(Cl)ccc21. The molecule has 1 aromatic heterocycles. The number of nitrogens with one attached hydrogen (secondary N) is 1. The molecule has 1 N–H and O–H groups in total. The summed E-state index contributed by atoms with van der Waals surface area (Å²) in [6, 6.07) is 8.88. The van der Waals surface area contributed by atoms with Gasteiger partial charge in [-0.05, 0) is 42.6 Å². The molecular weight excluding hydrogens is 244 g/mol. The molecule has 2 nitrogen and oxygen atoms in total. The van der Waals surface area contributed by atoms with E-state index in [1.54, 1.807) is 0 Å². The van der Waals surface area contributed by atoms with Crippen LogP contribution in [0.25, 0.3) is 10.9 Å². The highest BCUT2D eigenvalue weighted by atomic mass is 35.5. The maximum absolute atomic E-state index is 6.05. The molecule has 1 saturated heterocycles. The standard InChI is InChI=1S/C15H19ClN2/c1-15(2)10-17-7-5-14(15)18-8-6-11-9-12(16)3-4-13(11)18/h3-4,6,8-9,14,17H,5,7,10H2,1-2H3. The average Bonchev–Trinajstić information content (AvgIpc) is 2.71. The van der Waals surface area contributed by atoms with Gasteiger partial charge >= 0.3 is 0 Å². The fourth-order valence-electron chi connectivity index (χ4n) is 3.08. The molecule has 1 fully saturated rings. The lowest BCUT2D eigenvalue weighted by atomic mass is 9.80. The van der Waals surface area contributed by atoms with Crippen LogP contribution < -0.4 is 5.32 Å². The normalized spacial score (nSPS) is 23.4. The third-order valence-corrected chi connectivity index (χ3v) is 4.33. The first-order valence-electron chi connectivity index (χ1n) is 6.55. The maximum atomic E-state index is 6.05. The molecule has 0 saturated carbocycles. The van der Waals surface area contributed by atoms with Crippen molar-refractivity contribution in [3.63, 3.8) is 0 Å². The first-order chi connectivity index (χ1) is 8.58. The second-order valence-corrected chi connectivity index (χ2v) is 6.33. The number of benzene rings is 1. The van der Waals surface area contributed by atoms with Crippen molar-refractivity contribution in [1.82, 2.24) is 9.88 Å². The van der Waals surface area contributed by atoms with Crippen LogP contribution >= 0.6 is 11.6 Å². The molecule has 1 unspecified atom stereocenters. The molecule has 1 aromatic carbocycles. The Bertz CT molecular complexity index is 571. The highest BCUT2D eigenvalue weighted by Crippen LogP contribution is 2.38. The first-order valence-corrected chi connectivity index (χ1v) is 6.92. The number of hydrogen-bond acceptors (Lipinski definition) is 1. The van der Waals surface area contributed by atoms with Crippen LogP contribution in [0.5, 0.6) is 0 Å². The zero-order valence-corrected chi connectivity index (χ0v) is 11.7. The molecule has 1 aliphatic heterocycles. The molecule has 3 rings (SSSR count). The van der Waals surface area contributed by atoms with Crippen molar-refractivity contribution in [2.45, 2.75) is 26.3 Å². The Morgan fingerprint density at radius 1 is 1.33 bits per heavy atom. The van der Waals surface area contributed by atoms with Crippen molar-refractivity contribution in [2.75, 3.05) is 13.1 Å². The highest BCUT2D eigenvalue weighted by Gasteiger charge is 2.33. The van der Waals surface area contributed by atoms with Crippen LogP contribution in [-0.2, 0) is 0 Å². The Morgan fingerprint density at radius 3 is 2.94 bits per heavy atom. The van der Waals surface area contributed by atoms with Crippen molar-refractivity contribution < 1.29 is 0 Å². The van der Waals surface area contributed by atoms with Crippen LogP contribution in [-0.4, -0.2) is 17.7 Å². The molecule has 3 heteroatoms. The average molecular weight is 263 g/mol. The second-order valence-electron chi connectivity index (χ2n) is 5.90. The van der Waals surface area contributed by atoms with Gasteiger partial charge < -0.3 is 9.88 Å². The van der Waals surface area contributed by atoms with Gasteiger partial charge in [0.2, 0.25) is 0 Å². The van der Waals surface area contributed by atoms with Crippen molar-refractivity contribution in [3.05, 3.63) is 35.5 Å². The Hall–Kier alpha value is -0.990. The van der Waals surface area contributed by atoms with Crippen molar-refractivity contribution >= 4 is 22.5 Å². The van der Waals surface area contributed by atoms with Crippen LogP contribution in [0.2, 0.25) is 5.02 Å². The van der Waals surface area contributed by atoms with Crippen LogP contribution in [0, 0.1) is 5.41 Å². The maximum Gasteiger partial charge on any atom is 0.0484 e. The Balaban J connectivity index is 2.08. The van der Waals surface area contributed by atoms with Gasteiger partial charge in [-0.25, -0.2) is 0 Å². The monoisotopic (exact) mass is 262 g/mol. The summed E-state index contributed by atoms with van der Waals surface area (Å²) in [7, 11) is 0. The fourth-order valence-corrected chi connectivity index (χ4v) is 3.26. The lowest BCUT2D eigenvalue weighted by Gasteiger charge is -2.40. The molecule has 0 aliphatic carbocycles. The molecule has 1 aliphatic rings. The molecule has 0 radical (unpaired) electrons.